The first-order valence-electron chi connectivity index (χ1n) is 13.4. The summed E-state index contributed by atoms with van der Waals surface area (Å²) in [7, 11) is 0. The van der Waals surface area contributed by atoms with Crippen molar-refractivity contribution >= 4 is 10.9 Å². The zero-order valence-corrected chi connectivity index (χ0v) is 21.6. The van der Waals surface area contributed by atoms with Crippen molar-refractivity contribution in [3.63, 3.8) is 0 Å². The number of aromatic nitrogens is 1. The average Bonchev–Trinajstić information content (AvgIpc) is 3.27. The molecular formula is C37H27N. The summed E-state index contributed by atoms with van der Waals surface area (Å²) in [5.74, 6) is 0. The summed E-state index contributed by atoms with van der Waals surface area (Å²) in [6.45, 7) is 4.77. The maximum atomic E-state index is 4.77. The maximum absolute atomic E-state index is 4.77. The Morgan fingerprint density at radius 1 is 0.474 bits per heavy atom. The molecule has 1 heterocycles. The molecule has 38 heavy (non-hydrogen) atoms. The minimum Gasteiger partial charge on any atom is -0.256 e. The number of rotatable bonds is 1. The minimum atomic E-state index is -0.343. The van der Waals surface area contributed by atoms with Crippen molar-refractivity contribution in [2.75, 3.05) is 0 Å². The molecule has 0 radical (unpaired) electrons. The Labute approximate surface area is 223 Å². The predicted octanol–water partition coefficient (Wildman–Crippen LogP) is 8.90. The van der Waals surface area contributed by atoms with Crippen molar-refractivity contribution in [2.24, 2.45) is 0 Å². The van der Waals surface area contributed by atoms with Gasteiger partial charge in [0, 0.05) is 22.6 Å². The van der Waals surface area contributed by atoms with Crippen molar-refractivity contribution in [1.82, 2.24) is 4.98 Å². The molecule has 0 atom stereocenters. The monoisotopic (exact) mass is 485 g/mol. The van der Waals surface area contributed by atoms with Crippen LogP contribution in [0.4, 0.5) is 0 Å². The van der Waals surface area contributed by atoms with Gasteiger partial charge in [-0.15, -0.1) is 0 Å². The summed E-state index contributed by atoms with van der Waals surface area (Å²) < 4.78 is 0. The van der Waals surface area contributed by atoms with Crippen LogP contribution in [0.15, 0.2) is 128 Å². The Hall–Kier alpha value is -4.49. The SMILES string of the molecule is CC1(C)c2ccccc2C2(c3ccccc3-c3ccccc32)c2ccc(-c3cccc4cccnc34)cc21. The second-order valence-corrected chi connectivity index (χ2v) is 11.2. The molecule has 0 N–H and O–H groups in total. The molecule has 1 aromatic heterocycles. The normalized spacial score (nSPS) is 15.5. The molecular weight excluding hydrogens is 458 g/mol. The predicted molar refractivity (Wildman–Crippen MR) is 157 cm³/mol. The smallest absolute Gasteiger partial charge is 0.0780 e. The largest absolute Gasteiger partial charge is 0.256 e. The Morgan fingerprint density at radius 3 is 1.79 bits per heavy atom. The minimum absolute atomic E-state index is 0.155. The summed E-state index contributed by atoms with van der Waals surface area (Å²) in [4.78, 5) is 4.77. The molecule has 6 aromatic rings. The molecule has 2 aliphatic rings. The summed E-state index contributed by atoms with van der Waals surface area (Å²) in [6, 6.07) is 44.9. The topological polar surface area (TPSA) is 12.9 Å². The molecule has 0 aliphatic heterocycles. The highest BCUT2D eigenvalue weighted by molar-refractivity contribution is 5.94. The van der Waals surface area contributed by atoms with Gasteiger partial charge >= 0.3 is 0 Å². The first-order chi connectivity index (χ1) is 18.6. The van der Waals surface area contributed by atoms with Crippen LogP contribution in [0.25, 0.3) is 33.2 Å². The summed E-state index contributed by atoms with van der Waals surface area (Å²) >= 11 is 0. The van der Waals surface area contributed by atoms with E-state index in [-0.39, 0.29) is 10.8 Å². The lowest BCUT2D eigenvalue weighted by Crippen LogP contribution is -2.40. The summed E-state index contributed by atoms with van der Waals surface area (Å²) in [6.07, 6.45) is 1.89. The highest BCUT2D eigenvalue weighted by Gasteiger charge is 2.53. The van der Waals surface area contributed by atoms with Crippen molar-refractivity contribution in [2.45, 2.75) is 24.7 Å². The van der Waals surface area contributed by atoms with Crippen molar-refractivity contribution in [3.05, 3.63) is 161 Å². The van der Waals surface area contributed by atoms with Gasteiger partial charge in [0.2, 0.25) is 0 Å². The van der Waals surface area contributed by atoms with Crippen LogP contribution in [0.1, 0.15) is 47.2 Å². The third-order valence-electron chi connectivity index (χ3n) is 9.00. The molecule has 5 aromatic carbocycles. The van der Waals surface area contributed by atoms with Crippen LogP contribution in [0.5, 0.6) is 0 Å². The third kappa shape index (κ3) is 2.59. The van der Waals surface area contributed by atoms with Gasteiger partial charge in [-0.2, -0.15) is 0 Å². The molecule has 0 unspecified atom stereocenters. The first-order valence-corrected chi connectivity index (χ1v) is 13.4. The highest BCUT2D eigenvalue weighted by Crippen LogP contribution is 2.62. The molecule has 8 rings (SSSR count). The van der Waals surface area contributed by atoms with Gasteiger partial charge in [0.15, 0.2) is 0 Å². The third-order valence-corrected chi connectivity index (χ3v) is 9.00. The summed E-state index contributed by atoms with van der Waals surface area (Å²) in [5, 5.41) is 1.17. The van der Waals surface area contributed by atoms with Gasteiger partial charge in [-0.25, -0.2) is 0 Å². The number of hydrogen-bond donors (Lipinski definition) is 0. The van der Waals surface area contributed by atoms with Crippen LogP contribution in [0.3, 0.4) is 0 Å². The number of pyridine rings is 1. The van der Waals surface area contributed by atoms with Crippen LogP contribution >= 0.6 is 0 Å². The van der Waals surface area contributed by atoms with E-state index in [0.29, 0.717) is 0 Å². The molecule has 0 amide bonds. The zero-order chi connectivity index (χ0) is 25.5. The van der Waals surface area contributed by atoms with Gasteiger partial charge in [-0.1, -0.05) is 123 Å². The van der Waals surface area contributed by atoms with Crippen molar-refractivity contribution in [1.29, 1.82) is 0 Å². The van der Waals surface area contributed by atoms with E-state index in [1.165, 1.54) is 61.0 Å². The van der Waals surface area contributed by atoms with Crippen molar-refractivity contribution < 1.29 is 0 Å². The van der Waals surface area contributed by atoms with Gasteiger partial charge in [-0.05, 0) is 62.2 Å². The lowest BCUT2D eigenvalue weighted by Gasteiger charge is -2.46. The average molecular weight is 486 g/mol. The van der Waals surface area contributed by atoms with Gasteiger partial charge in [0.05, 0.1) is 10.9 Å². The molecule has 1 spiro atoms. The van der Waals surface area contributed by atoms with E-state index in [0.717, 1.165) is 5.52 Å². The highest BCUT2D eigenvalue weighted by atomic mass is 14.6. The Morgan fingerprint density at radius 2 is 1.05 bits per heavy atom. The first kappa shape index (κ1) is 21.6. The molecule has 1 heteroatoms. The van der Waals surface area contributed by atoms with Gasteiger partial charge in [0.25, 0.3) is 0 Å². The molecule has 0 saturated carbocycles. The van der Waals surface area contributed by atoms with E-state index in [1.54, 1.807) is 0 Å². The number of benzene rings is 5. The van der Waals surface area contributed by atoms with E-state index in [2.05, 4.69) is 129 Å². The fourth-order valence-corrected chi connectivity index (χ4v) is 7.35. The van der Waals surface area contributed by atoms with Crippen LogP contribution < -0.4 is 0 Å². The number of hydrogen-bond acceptors (Lipinski definition) is 1. The van der Waals surface area contributed by atoms with E-state index in [4.69, 9.17) is 4.98 Å². The maximum Gasteiger partial charge on any atom is 0.0780 e. The molecule has 1 nitrogen and oxygen atoms in total. The van der Waals surface area contributed by atoms with E-state index in [1.807, 2.05) is 12.3 Å². The van der Waals surface area contributed by atoms with Crippen LogP contribution in [-0.4, -0.2) is 4.98 Å². The van der Waals surface area contributed by atoms with Crippen molar-refractivity contribution in [3.8, 4) is 22.3 Å². The second-order valence-electron chi connectivity index (χ2n) is 11.2. The molecule has 0 fully saturated rings. The lowest BCUT2D eigenvalue weighted by atomic mass is 9.55. The second kappa shape index (κ2) is 7.52. The Bertz CT molecular complexity index is 1860. The molecule has 180 valence electrons. The van der Waals surface area contributed by atoms with Crippen LogP contribution in [0.2, 0.25) is 0 Å². The fraction of sp³-hybridized carbons (Fsp3) is 0.108. The number of nitrogens with zero attached hydrogens (tertiary/aromatic N) is 1. The van der Waals surface area contributed by atoms with E-state index < -0.39 is 0 Å². The van der Waals surface area contributed by atoms with Gasteiger partial charge in [0.1, 0.15) is 0 Å². The summed E-state index contributed by atoms with van der Waals surface area (Å²) in [5.41, 5.74) is 14.0. The quantitative estimate of drug-likeness (QED) is 0.226. The fourth-order valence-electron chi connectivity index (χ4n) is 7.35. The van der Waals surface area contributed by atoms with Crippen LogP contribution in [0, 0.1) is 0 Å². The molecule has 2 aliphatic carbocycles. The van der Waals surface area contributed by atoms with Gasteiger partial charge < -0.3 is 0 Å². The zero-order valence-electron chi connectivity index (χ0n) is 21.6. The van der Waals surface area contributed by atoms with Crippen LogP contribution in [-0.2, 0) is 10.8 Å². The Balaban J connectivity index is 1.51. The standard InChI is InChI=1S/C37H27N/c1-36(2)31-18-7-8-19-32(31)37(29-16-5-3-13-27(29)28-14-4-6-17-30(28)37)33-21-20-25(23-34(33)36)26-15-9-11-24-12-10-22-38-35(24)26/h3-23H,1-2H3. The van der Waals surface area contributed by atoms with E-state index in [9.17, 15) is 0 Å². The lowest BCUT2D eigenvalue weighted by molar-refractivity contribution is 0.563. The van der Waals surface area contributed by atoms with E-state index >= 15 is 0 Å². The molecule has 0 saturated heterocycles. The Kier molecular flexibility index (Phi) is 4.27. The van der Waals surface area contributed by atoms with Gasteiger partial charge in [-0.3, -0.25) is 4.98 Å². The molecule has 0 bridgehead atoms. The number of fused-ring (bicyclic) bond motifs is 10. The number of para-hydroxylation sites is 1.